The molecule has 0 saturated carbocycles. The summed E-state index contributed by atoms with van der Waals surface area (Å²) in [4.78, 5) is 0. The van der Waals surface area contributed by atoms with Crippen LogP contribution in [0.2, 0.25) is 0 Å². The van der Waals surface area contributed by atoms with Gasteiger partial charge in [-0.3, -0.25) is 0 Å². The van der Waals surface area contributed by atoms with Crippen molar-refractivity contribution in [1.82, 2.24) is 0 Å². The summed E-state index contributed by atoms with van der Waals surface area (Å²) in [7, 11) is 0. The highest BCUT2D eigenvalue weighted by molar-refractivity contribution is 7.17. The fourth-order valence-corrected chi connectivity index (χ4v) is 2.77. The summed E-state index contributed by atoms with van der Waals surface area (Å²) >= 11 is 1.78. The van der Waals surface area contributed by atoms with E-state index in [2.05, 4.69) is 30.5 Å². The van der Waals surface area contributed by atoms with Crippen molar-refractivity contribution in [2.45, 2.75) is 19.9 Å². The van der Waals surface area contributed by atoms with Gasteiger partial charge < -0.3 is 5.73 Å². The van der Waals surface area contributed by atoms with E-state index in [4.69, 9.17) is 5.73 Å². The SMILES string of the molecule is Cc1cccc2scc(C(C)N)c12. The molecule has 0 aliphatic rings. The van der Waals surface area contributed by atoms with Gasteiger partial charge in [0.2, 0.25) is 0 Å². The van der Waals surface area contributed by atoms with Crippen LogP contribution in [0.25, 0.3) is 10.1 Å². The van der Waals surface area contributed by atoms with Crippen LogP contribution >= 0.6 is 11.3 Å². The number of aryl methyl sites for hydroxylation is 1. The molecule has 0 bridgehead atoms. The predicted octanol–water partition coefficient (Wildman–Crippen LogP) is 3.23. The van der Waals surface area contributed by atoms with Gasteiger partial charge in [-0.1, -0.05) is 12.1 Å². The first-order valence-electron chi connectivity index (χ1n) is 4.42. The molecule has 13 heavy (non-hydrogen) atoms. The number of rotatable bonds is 1. The number of hydrogen-bond acceptors (Lipinski definition) is 2. The van der Waals surface area contributed by atoms with Crippen molar-refractivity contribution in [1.29, 1.82) is 0 Å². The number of thiophene rings is 1. The molecule has 0 saturated heterocycles. The fourth-order valence-electron chi connectivity index (χ4n) is 1.63. The molecule has 0 aliphatic heterocycles. The first kappa shape index (κ1) is 8.73. The summed E-state index contributed by atoms with van der Waals surface area (Å²) in [6, 6.07) is 6.52. The second kappa shape index (κ2) is 3.13. The smallest absolute Gasteiger partial charge is 0.0348 e. The van der Waals surface area contributed by atoms with Crippen molar-refractivity contribution < 1.29 is 0 Å². The van der Waals surface area contributed by atoms with Crippen LogP contribution in [-0.4, -0.2) is 0 Å². The van der Waals surface area contributed by atoms with E-state index in [0.717, 1.165) is 0 Å². The Bertz CT molecular complexity index is 429. The van der Waals surface area contributed by atoms with Crippen LogP contribution in [0, 0.1) is 6.92 Å². The number of hydrogen-bond donors (Lipinski definition) is 1. The first-order valence-corrected chi connectivity index (χ1v) is 5.30. The van der Waals surface area contributed by atoms with Crippen molar-refractivity contribution in [3.8, 4) is 0 Å². The van der Waals surface area contributed by atoms with E-state index in [-0.39, 0.29) is 6.04 Å². The van der Waals surface area contributed by atoms with Gasteiger partial charge in [-0.05, 0) is 36.4 Å². The molecule has 68 valence electrons. The fraction of sp³-hybridized carbons (Fsp3) is 0.273. The van der Waals surface area contributed by atoms with Crippen LogP contribution < -0.4 is 5.73 Å². The van der Waals surface area contributed by atoms with Gasteiger partial charge >= 0.3 is 0 Å². The summed E-state index contributed by atoms with van der Waals surface area (Å²) in [5.74, 6) is 0. The molecule has 0 aliphatic carbocycles. The molecule has 2 N–H and O–H groups in total. The molecule has 1 aromatic heterocycles. The van der Waals surface area contributed by atoms with E-state index in [1.807, 2.05) is 6.92 Å². The second-order valence-electron chi connectivity index (χ2n) is 3.43. The molecule has 0 fully saturated rings. The van der Waals surface area contributed by atoms with Crippen molar-refractivity contribution >= 4 is 21.4 Å². The monoisotopic (exact) mass is 191 g/mol. The Morgan fingerprint density at radius 1 is 1.38 bits per heavy atom. The molecule has 1 heterocycles. The minimum absolute atomic E-state index is 0.134. The minimum Gasteiger partial charge on any atom is -0.324 e. The highest BCUT2D eigenvalue weighted by Crippen LogP contribution is 2.31. The average Bonchev–Trinajstić information content (AvgIpc) is 2.49. The van der Waals surface area contributed by atoms with Crippen molar-refractivity contribution in [2.24, 2.45) is 5.73 Å². The number of benzene rings is 1. The van der Waals surface area contributed by atoms with Gasteiger partial charge in [-0.15, -0.1) is 11.3 Å². The molecule has 0 amide bonds. The highest BCUT2D eigenvalue weighted by Gasteiger charge is 2.08. The highest BCUT2D eigenvalue weighted by atomic mass is 32.1. The third kappa shape index (κ3) is 1.36. The Hall–Kier alpha value is -0.860. The van der Waals surface area contributed by atoms with Gasteiger partial charge in [0.05, 0.1) is 0 Å². The Labute approximate surface area is 82.2 Å². The Balaban J connectivity index is 2.79. The van der Waals surface area contributed by atoms with Crippen molar-refractivity contribution in [2.75, 3.05) is 0 Å². The lowest BCUT2D eigenvalue weighted by Crippen LogP contribution is -2.03. The Morgan fingerprint density at radius 3 is 2.85 bits per heavy atom. The van der Waals surface area contributed by atoms with E-state index in [0.29, 0.717) is 0 Å². The van der Waals surface area contributed by atoms with E-state index in [9.17, 15) is 0 Å². The van der Waals surface area contributed by atoms with E-state index < -0.39 is 0 Å². The van der Waals surface area contributed by atoms with Crippen LogP contribution in [0.3, 0.4) is 0 Å². The Morgan fingerprint density at radius 2 is 2.15 bits per heavy atom. The lowest BCUT2D eigenvalue weighted by atomic mass is 10.0. The van der Waals surface area contributed by atoms with Crippen LogP contribution in [0.5, 0.6) is 0 Å². The van der Waals surface area contributed by atoms with Gasteiger partial charge in [0.1, 0.15) is 0 Å². The maximum absolute atomic E-state index is 5.90. The van der Waals surface area contributed by atoms with E-state index >= 15 is 0 Å². The predicted molar refractivity (Wildman–Crippen MR) is 59.2 cm³/mol. The maximum atomic E-state index is 5.90. The minimum atomic E-state index is 0.134. The van der Waals surface area contributed by atoms with Crippen molar-refractivity contribution in [3.05, 3.63) is 34.7 Å². The second-order valence-corrected chi connectivity index (χ2v) is 4.34. The van der Waals surface area contributed by atoms with Crippen LogP contribution in [0.4, 0.5) is 0 Å². The van der Waals surface area contributed by atoms with Crippen LogP contribution in [-0.2, 0) is 0 Å². The zero-order chi connectivity index (χ0) is 9.42. The summed E-state index contributed by atoms with van der Waals surface area (Å²) in [5, 5.41) is 3.52. The molecule has 2 heteroatoms. The number of nitrogens with two attached hydrogens (primary N) is 1. The topological polar surface area (TPSA) is 26.0 Å². The van der Waals surface area contributed by atoms with Gasteiger partial charge in [0.25, 0.3) is 0 Å². The van der Waals surface area contributed by atoms with E-state index in [1.165, 1.54) is 21.2 Å². The van der Waals surface area contributed by atoms with Gasteiger partial charge in [-0.2, -0.15) is 0 Å². The maximum Gasteiger partial charge on any atom is 0.0348 e. The molecule has 2 rings (SSSR count). The molecule has 1 unspecified atom stereocenters. The quantitative estimate of drug-likeness (QED) is 0.735. The zero-order valence-corrected chi connectivity index (χ0v) is 8.69. The van der Waals surface area contributed by atoms with Crippen molar-refractivity contribution in [3.63, 3.8) is 0 Å². The lowest BCUT2D eigenvalue weighted by Gasteiger charge is -2.04. The van der Waals surface area contributed by atoms with Gasteiger partial charge in [-0.25, -0.2) is 0 Å². The third-order valence-corrected chi connectivity index (χ3v) is 3.29. The Kier molecular flexibility index (Phi) is 2.10. The third-order valence-electron chi connectivity index (χ3n) is 2.33. The molecule has 1 atom stereocenters. The summed E-state index contributed by atoms with van der Waals surface area (Å²) in [6.45, 7) is 4.18. The summed E-state index contributed by atoms with van der Waals surface area (Å²) in [5.41, 5.74) is 8.50. The molecule has 0 spiro atoms. The largest absolute Gasteiger partial charge is 0.324 e. The van der Waals surface area contributed by atoms with E-state index in [1.54, 1.807) is 11.3 Å². The van der Waals surface area contributed by atoms with Crippen LogP contribution in [0.15, 0.2) is 23.6 Å². The van der Waals surface area contributed by atoms with Crippen LogP contribution in [0.1, 0.15) is 24.1 Å². The molecule has 2 aromatic rings. The zero-order valence-electron chi connectivity index (χ0n) is 7.87. The normalized spacial score (nSPS) is 13.5. The number of fused-ring (bicyclic) bond motifs is 1. The lowest BCUT2D eigenvalue weighted by molar-refractivity contribution is 0.829. The molecular weight excluding hydrogens is 178 g/mol. The van der Waals surface area contributed by atoms with Gasteiger partial charge in [0, 0.05) is 16.1 Å². The standard InChI is InChI=1S/C11H13NS/c1-7-4-3-5-10-11(7)9(6-13-10)8(2)12/h3-6,8H,12H2,1-2H3. The molecule has 0 radical (unpaired) electrons. The first-order chi connectivity index (χ1) is 6.20. The summed E-state index contributed by atoms with van der Waals surface area (Å²) < 4.78 is 1.34. The average molecular weight is 191 g/mol. The molecule has 1 aromatic carbocycles. The summed E-state index contributed by atoms with van der Waals surface area (Å²) in [6.07, 6.45) is 0. The molecule has 1 nitrogen and oxygen atoms in total. The van der Waals surface area contributed by atoms with Gasteiger partial charge in [0.15, 0.2) is 0 Å². The molecular formula is C11H13NS.